The van der Waals surface area contributed by atoms with Crippen molar-refractivity contribution in [2.24, 2.45) is 0 Å². The Morgan fingerprint density at radius 3 is 2.17 bits per heavy atom. The molecule has 1 heterocycles. The predicted molar refractivity (Wildman–Crippen MR) is 110 cm³/mol. The number of hydrogen-bond acceptors (Lipinski definition) is 5. The molecule has 0 saturated heterocycles. The Morgan fingerprint density at radius 2 is 1.55 bits per heavy atom. The van der Waals surface area contributed by atoms with E-state index < -0.39 is 0 Å². The number of rotatable bonds is 5. The number of hydrogen-bond donors (Lipinski definition) is 0. The third kappa shape index (κ3) is 4.16. The van der Waals surface area contributed by atoms with Crippen LogP contribution in [0.1, 0.15) is 16.2 Å². The van der Waals surface area contributed by atoms with Crippen LogP contribution in [0, 0.1) is 6.92 Å². The number of aryl methyl sites for hydroxylation is 1. The van der Waals surface area contributed by atoms with Crippen LogP contribution in [0.2, 0.25) is 0 Å². The van der Waals surface area contributed by atoms with Gasteiger partial charge in [-0.3, -0.25) is 4.79 Å². The molecule has 29 heavy (non-hydrogen) atoms. The zero-order chi connectivity index (χ0) is 20.2. The third-order valence-corrected chi connectivity index (χ3v) is 4.41. The molecule has 0 spiro atoms. The molecule has 3 aromatic carbocycles. The highest BCUT2D eigenvalue weighted by atomic mass is 16.5. The second kappa shape index (κ2) is 7.98. The summed E-state index contributed by atoms with van der Waals surface area (Å²) in [4.78, 5) is 18.6. The van der Waals surface area contributed by atoms with Crippen LogP contribution < -0.4 is 9.64 Å². The van der Waals surface area contributed by atoms with Gasteiger partial charge in [-0.05, 0) is 67.6 Å². The zero-order valence-corrected chi connectivity index (χ0v) is 16.1. The lowest BCUT2D eigenvalue weighted by molar-refractivity contribution is 0.0993. The molecular weight excluding hydrogens is 366 g/mol. The Bertz CT molecular complexity index is 1100. The van der Waals surface area contributed by atoms with Gasteiger partial charge in [0.2, 0.25) is 0 Å². The Balaban J connectivity index is 1.46. The fraction of sp³-hybridized carbons (Fsp3) is 0.0870. The molecule has 6 heteroatoms. The van der Waals surface area contributed by atoms with Gasteiger partial charge < -0.3 is 14.2 Å². The summed E-state index contributed by atoms with van der Waals surface area (Å²) < 4.78 is 10.9. The Hall–Kier alpha value is -3.93. The molecule has 0 saturated carbocycles. The van der Waals surface area contributed by atoms with Gasteiger partial charge in [-0.2, -0.15) is 4.98 Å². The van der Waals surface area contributed by atoms with Gasteiger partial charge in [-0.15, -0.1) is 0 Å². The van der Waals surface area contributed by atoms with Crippen LogP contribution in [-0.2, 0) is 0 Å². The van der Waals surface area contributed by atoms with Gasteiger partial charge in [-0.25, -0.2) is 0 Å². The summed E-state index contributed by atoms with van der Waals surface area (Å²) in [5, 5.41) is 3.78. The van der Waals surface area contributed by atoms with Crippen LogP contribution in [0.4, 0.5) is 5.69 Å². The van der Waals surface area contributed by atoms with Crippen LogP contribution in [0.3, 0.4) is 0 Å². The van der Waals surface area contributed by atoms with Crippen LogP contribution in [0.25, 0.3) is 11.5 Å². The molecule has 0 atom stereocenters. The van der Waals surface area contributed by atoms with Crippen molar-refractivity contribution in [3.05, 3.63) is 90.3 Å². The number of benzene rings is 3. The molecule has 6 nitrogen and oxygen atoms in total. The number of aromatic nitrogens is 2. The minimum atomic E-state index is -0.116. The van der Waals surface area contributed by atoms with E-state index in [4.69, 9.17) is 9.26 Å². The van der Waals surface area contributed by atoms with Gasteiger partial charge in [0, 0.05) is 23.9 Å². The Morgan fingerprint density at radius 1 is 0.897 bits per heavy atom. The first-order valence-corrected chi connectivity index (χ1v) is 9.12. The monoisotopic (exact) mass is 385 g/mol. The number of ether oxygens (including phenoxy) is 1. The van der Waals surface area contributed by atoms with E-state index in [2.05, 4.69) is 10.1 Å². The summed E-state index contributed by atoms with van der Waals surface area (Å²) in [7, 11) is 1.74. The van der Waals surface area contributed by atoms with E-state index in [1.54, 1.807) is 43.1 Å². The van der Waals surface area contributed by atoms with E-state index in [1.165, 1.54) is 0 Å². The minimum absolute atomic E-state index is 0.116. The van der Waals surface area contributed by atoms with E-state index in [0.717, 1.165) is 17.0 Å². The first-order chi connectivity index (χ1) is 14.1. The van der Waals surface area contributed by atoms with Crippen LogP contribution in [-0.4, -0.2) is 23.1 Å². The molecule has 0 radical (unpaired) electrons. The van der Waals surface area contributed by atoms with Crippen molar-refractivity contribution in [1.29, 1.82) is 0 Å². The summed E-state index contributed by atoms with van der Waals surface area (Å²) in [6.45, 7) is 1.76. The third-order valence-electron chi connectivity index (χ3n) is 4.41. The molecule has 1 amide bonds. The van der Waals surface area contributed by atoms with Crippen molar-refractivity contribution in [2.75, 3.05) is 11.9 Å². The number of carbonyl (C=O) groups is 1. The lowest BCUT2D eigenvalue weighted by Gasteiger charge is -2.18. The summed E-state index contributed by atoms with van der Waals surface area (Å²) in [6, 6.07) is 24.0. The van der Waals surface area contributed by atoms with E-state index in [-0.39, 0.29) is 5.91 Å². The average molecular weight is 385 g/mol. The van der Waals surface area contributed by atoms with Crippen molar-refractivity contribution < 1.29 is 14.1 Å². The highest BCUT2D eigenvalue weighted by molar-refractivity contribution is 6.05. The molecular formula is C23H19N3O3. The number of amides is 1. The second-order valence-corrected chi connectivity index (χ2v) is 6.50. The fourth-order valence-electron chi connectivity index (χ4n) is 2.84. The first-order valence-electron chi connectivity index (χ1n) is 9.12. The summed E-state index contributed by atoms with van der Waals surface area (Å²) >= 11 is 0. The first kappa shape index (κ1) is 18.4. The van der Waals surface area contributed by atoms with Gasteiger partial charge in [0.05, 0.1) is 0 Å². The minimum Gasteiger partial charge on any atom is -0.457 e. The van der Waals surface area contributed by atoms with Crippen molar-refractivity contribution in [2.45, 2.75) is 6.92 Å². The van der Waals surface area contributed by atoms with Gasteiger partial charge in [0.1, 0.15) is 11.5 Å². The molecule has 0 bridgehead atoms. The van der Waals surface area contributed by atoms with Crippen molar-refractivity contribution in [1.82, 2.24) is 10.1 Å². The van der Waals surface area contributed by atoms with E-state index in [0.29, 0.717) is 23.0 Å². The van der Waals surface area contributed by atoms with E-state index in [9.17, 15) is 4.79 Å². The summed E-state index contributed by atoms with van der Waals surface area (Å²) in [6.07, 6.45) is 0. The molecule has 0 aliphatic heterocycles. The molecule has 144 valence electrons. The molecule has 0 N–H and O–H groups in total. The molecule has 1 aromatic heterocycles. The zero-order valence-electron chi connectivity index (χ0n) is 16.1. The second-order valence-electron chi connectivity index (χ2n) is 6.50. The van der Waals surface area contributed by atoms with Gasteiger partial charge in [0.25, 0.3) is 11.8 Å². The van der Waals surface area contributed by atoms with Crippen LogP contribution in [0.5, 0.6) is 11.5 Å². The normalized spacial score (nSPS) is 10.6. The van der Waals surface area contributed by atoms with E-state index in [1.807, 2.05) is 54.6 Å². The van der Waals surface area contributed by atoms with Crippen LogP contribution >= 0.6 is 0 Å². The molecule has 0 fully saturated rings. The van der Waals surface area contributed by atoms with Crippen molar-refractivity contribution in [3.63, 3.8) is 0 Å². The Labute approximate surface area is 168 Å². The highest BCUT2D eigenvalue weighted by Crippen LogP contribution is 2.25. The number of anilines is 1. The largest absolute Gasteiger partial charge is 0.457 e. The molecule has 0 aliphatic carbocycles. The standard InChI is InChI=1S/C23H19N3O3/c1-16-24-22(29-25-16)17-8-10-18(11-9-17)23(27)26(2)19-12-14-21(15-13-19)28-20-6-4-3-5-7-20/h3-15H,1-2H3. The molecule has 0 aliphatic rings. The highest BCUT2D eigenvalue weighted by Gasteiger charge is 2.15. The quantitative estimate of drug-likeness (QED) is 0.477. The molecule has 0 unspecified atom stereocenters. The maximum Gasteiger partial charge on any atom is 0.258 e. The number of para-hydroxylation sites is 1. The smallest absolute Gasteiger partial charge is 0.258 e. The van der Waals surface area contributed by atoms with Gasteiger partial charge >= 0.3 is 0 Å². The predicted octanol–water partition coefficient (Wildman–Crippen LogP) is 5.11. The lowest BCUT2D eigenvalue weighted by Crippen LogP contribution is -2.26. The average Bonchev–Trinajstić information content (AvgIpc) is 3.20. The molecule has 4 aromatic rings. The lowest BCUT2D eigenvalue weighted by atomic mass is 10.1. The number of carbonyl (C=O) groups excluding carboxylic acids is 1. The summed E-state index contributed by atoms with van der Waals surface area (Å²) in [5.74, 6) is 2.36. The van der Waals surface area contributed by atoms with Gasteiger partial charge in [0.15, 0.2) is 5.82 Å². The SMILES string of the molecule is Cc1noc(-c2ccc(C(=O)N(C)c3ccc(Oc4ccccc4)cc3)cc2)n1. The maximum absolute atomic E-state index is 12.8. The van der Waals surface area contributed by atoms with E-state index >= 15 is 0 Å². The maximum atomic E-state index is 12.8. The molecule has 4 rings (SSSR count). The van der Waals surface area contributed by atoms with Crippen LogP contribution in [0.15, 0.2) is 83.4 Å². The Kier molecular flexibility index (Phi) is 5.07. The topological polar surface area (TPSA) is 68.5 Å². The number of nitrogens with zero attached hydrogens (tertiary/aromatic N) is 3. The summed E-state index contributed by atoms with van der Waals surface area (Å²) in [5.41, 5.74) is 2.11. The van der Waals surface area contributed by atoms with Crippen molar-refractivity contribution in [3.8, 4) is 23.0 Å². The fourth-order valence-corrected chi connectivity index (χ4v) is 2.84. The van der Waals surface area contributed by atoms with Gasteiger partial charge in [-0.1, -0.05) is 23.4 Å². The van der Waals surface area contributed by atoms with Crippen molar-refractivity contribution >= 4 is 11.6 Å².